The van der Waals surface area contributed by atoms with Crippen molar-refractivity contribution >= 4 is 99.8 Å². The molecule has 0 atom stereocenters. The summed E-state index contributed by atoms with van der Waals surface area (Å²) in [5.41, 5.74) is 14.2. The zero-order valence-electron chi connectivity index (χ0n) is 35.7. The first-order valence-corrected chi connectivity index (χ1v) is 22.2. The average Bonchev–Trinajstić information content (AvgIpc) is 4.10. The van der Waals surface area contributed by atoms with E-state index in [-0.39, 0.29) is 0 Å². The minimum atomic E-state index is 0.530. The number of aromatic nitrogens is 3. The summed E-state index contributed by atoms with van der Waals surface area (Å²) < 4.78 is 13.4. The minimum absolute atomic E-state index is 0.530. The van der Waals surface area contributed by atoms with Gasteiger partial charge >= 0.3 is 0 Å². The number of hydrogen-bond donors (Lipinski definition) is 0. The Morgan fingerprint density at radius 1 is 0.508 bits per heavy atom. The fourth-order valence-corrected chi connectivity index (χ4v) is 10.3. The van der Waals surface area contributed by atoms with Crippen LogP contribution in [0.15, 0.2) is 209 Å². The summed E-state index contributed by atoms with van der Waals surface area (Å²) >= 11 is 0. The fraction of sp³-hybridized carbons (Fsp3) is 0.0508. The molecule has 6 nitrogen and oxygen atoms in total. The average molecular weight is 836 g/mol. The van der Waals surface area contributed by atoms with Crippen LogP contribution in [0.4, 0.5) is 0 Å². The number of allylic oxidation sites excluding steroid dienone is 1. The Morgan fingerprint density at radius 2 is 1.14 bits per heavy atom. The number of benzene rings is 8. The van der Waals surface area contributed by atoms with Gasteiger partial charge in [-0.25, -0.2) is 9.98 Å². The number of aliphatic imine (C=N–C) groups is 2. The third-order valence-corrected chi connectivity index (χ3v) is 13.3. The standard InChI is InChI=1S/C59H41N5O/c1-37(39-17-5-3-6-18-39)60-59(61-38(2)40-29-34-56-50(35-40)46-24-12-16-28-55(46)65-56)64-53-27-15-10-22-44(53)48-32-31-47-43-21-9-14-26-52(43)63(57(47)58(48)64)42-30-33-54-49(36-42)45-23-11-13-25-51(45)62(54)41-19-7-4-8-20-41/h3-15,17-27,29-36H,1,16,28H2,2H3/b60-59?,61-38+. The highest BCUT2D eigenvalue weighted by Crippen LogP contribution is 2.42. The van der Waals surface area contributed by atoms with Crippen LogP contribution in [0.2, 0.25) is 0 Å². The van der Waals surface area contributed by atoms with Crippen LogP contribution in [-0.2, 0) is 6.42 Å². The molecule has 1 aliphatic rings. The molecule has 0 radical (unpaired) electrons. The van der Waals surface area contributed by atoms with Gasteiger partial charge in [0.1, 0.15) is 11.3 Å². The zero-order valence-corrected chi connectivity index (χ0v) is 35.7. The van der Waals surface area contributed by atoms with E-state index < -0.39 is 0 Å². The highest BCUT2D eigenvalue weighted by atomic mass is 16.3. The van der Waals surface area contributed by atoms with Crippen molar-refractivity contribution < 1.29 is 4.42 Å². The third-order valence-electron chi connectivity index (χ3n) is 13.3. The van der Waals surface area contributed by atoms with Gasteiger partial charge in [0.15, 0.2) is 0 Å². The zero-order chi connectivity index (χ0) is 43.2. The highest BCUT2D eigenvalue weighted by Gasteiger charge is 2.24. The number of rotatable bonds is 5. The topological polar surface area (TPSA) is 52.6 Å². The smallest absolute Gasteiger partial charge is 0.235 e. The molecule has 0 N–H and O–H groups in total. The Labute approximate surface area is 374 Å². The lowest BCUT2D eigenvalue weighted by Crippen LogP contribution is -2.13. The molecule has 8 aromatic carbocycles. The Hall–Kier alpha value is -8.48. The number of aryl methyl sites for hydroxylation is 1. The van der Waals surface area contributed by atoms with Crippen LogP contribution < -0.4 is 0 Å². The summed E-state index contributed by atoms with van der Waals surface area (Å²) in [6.45, 7) is 6.61. The van der Waals surface area contributed by atoms with Crippen molar-refractivity contribution in [1.82, 2.24) is 13.7 Å². The second-order valence-electron chi connectivity index (χ2n) is 17.0. The van der Waals surface area contributed by atoms with E-state index in [0.29, 0.717) is 11.7 Å². The predicted octanol–water partition coefficient (Wildman–Crippen LogP) is 15.1. The molecule has 65 heavy (non-hydrogen) atoms. The van der Waals surface area contributed by atoms with E-state index in [9.17, 15) is 0 Å². The molecule has 0 bridgehead atoms. The molecule has 0 unspecified atom stereocenters. The van der Waals surface area contributed by atoms with Crippen LogP contribution >= 0.6 is 0 Å². The van der Waals surface area contributed by atoms with Gasteiger partial charge in [0.25, 0.3) is 0 Å². The van der Waals surface area contributed by atoms with Crippen molar-refractivity contribution in [2.45, 2.75) is 19.8 Å². The maximum Gasteiger partial charge on any atom is 0.235 e. The van der Waals surface area contributed by atoms with E-state index in [2.05, 4.69) is 203 Å². The van der Waals surface area contributed by atoms with Gasteiger partial charge in [-0.15, -0.1) is 0 Å². The van der Waals surface area contributed by atoms with E-state index >= 15 is 0 Å². The first-order chi connectivity index (χ1) is 32.1. The molecule has 0 spiro atoms. The number of hydrogen-bond acceptors (Lipinski definition) is 2. The monoisotopic (exact) mass is 835 g/mol. The molecule has 4 aromatic heterocycles. The summed E-state index contributed by atoms with van der Waals surface area (Å²) in [7, 11) is 0. The molecule has 308 valence electrons. The SMILES string of the molecule is C=C(N=C(/N=C(\C)c1ccc2oc3c(c2c1)C=CCC3)n1c2ccccc2c2ccc3c4ccccc4n(-c4ccc5c(c4)c4ccccc4n5-c4ccccc4)c3c21)c1ccccc1. The van der Waals surface area contributed by atoms with Crippen LogP contribution in [0.25, 0.3) is 99.5 Å². The van der Waals surface area contributed by atoms with Gasteiger partial charge in [-0.05, 0) is 91.2 Å². The summed E-state index contributed by atoms with van der Waals surface area (Å²) in [4.78, 5) is 10.9. The molecular formula is C59H41N5O. The first-order valence-electron chi connectivity index (χ1n) is 22.2. The molecule has 0 aliphatic heterocycles. The van der Waals surface area contributed by atoms with Gasteiger partial charge in [0, 0.05) is 66.8 Å². The second-order valence-corrected chi connectivity index (χ2v) is 17.0. The summed E-state index contributed by atoms with van der Waals surface area (Å²) in [5, 5.41) is 8.04. The quantitative estimate of drug-likeness (QED) is 0.126. The number of furan rings is 1. The lowest BCUT2D eigenvalue weighted by molar-refractivity contribution is 0.546. The lowest BCUT2D eigenvalue weighted by Gasteiger charge is -2.14. The van der Waals surface area contributed by atoms with Crippen molar-refractivity contribution in [3.05, 3.63) is 217 Å². The largest absolute Gasteiger partial charge is 0.460 e. The van der Waals surface area contributed by atoms with Crippen molar-refractivity contribution in [2.75, 3.05) is 0 Å². The van der Waals surface area contributed by atoms with Crippen molar-refractivity contribution in [3.63, 3.8) is 0 Å². The Kier molecular flexibility index (Phi) is 8.30. The van der Waals surface area contributed by atoms with E-state index in [1.165, 1.54) is 21.7 Å². The lowest BCUT2D eigenvalue weighted by atomic mass is 10.0. The van der Waals surface area contributed by atoms with Gasteiger partial charge in [-0.1, -0.05) is 134 Å². The maximum absolute atomic E-state index is 6.31. The highest BCUT2D eigenvalue weighted by molar-refractivity contribution is 6.27. The van der Waals surface area contributed by atoms with E-state index in [0.717, 1.165) is 107 Å². The molecule has 0 saturated heterocycles. The van der Waals surface area contributed by atoms with Crippen LogP contribution in [-0.4, -0.2) is 25.4 Å². The molecule has 6 heteroatoms. The second kappa shape index (κ2) is 14.5. The molecule has 4 heterocycles. The molecule has 1 aliphatic carbocycles. The maximum atomic E-state index is 6.31. The van der Waals surface area contributed by atoms with E-state index in [4.69, 9.17) is 14.4 Å². The van der Waals surface area contributed by atoms with Gasteiger partial charge in [0.2, 0.25) is 5.96 Å². The number of para-hydroxylation sites is 4. The normalized spacial score (nSPS) is 13.4. The number of nitrogens with zero attached hydrogens (tertiary/aromatic N) is 5. The molecule has 0 amide bonds. The van der Waals surface area contributed by atoms with Gasteiger partial charge in [-0.2, -0.15) is 0 Å². The summed E-state index contributed by atoms with van der Waals surface area (Å²) in [6, 6.07) is 64.7. The van der Waals surface area contributed by atoms with Crippen molar-refractivity contribution in [1.29, 1.82) is 0 Å². The predicted molar refractivity (Wildman–Crippen MR) is 272 cm³/mol. The van der Waals surface area contributed by atoms with Crippen LogP contribution in [0.5, 0.6) is 0 Å². The number of fused-ring (bicyclic) bond motifs is 13. The van der Waals surface area contributed by atoms with E-state index in [1.807, 2.05) is 18.2 Å². The van der Waals surface area contributed by atoms with Gasteiger partial charge in [-0.3, -0.25) is 4.57 Å². The summed E-state index contributed by atoms with van der Waals surface area (Å²) in [5.74, 6) is 1.57. The third kappa shape index (κ3) is 5.74. The molecule has 13 rings (SSSR count). The van der Waals surface area contributed by atoms with Gasteiger partial charge < -0.3 is 13.6 Å². The fourth-order valence-electron chi connectivity index (χ4n) is 10.3. The molecule has 0 fully saturated rings. The Bertz CT molecular complexity index is 4020. The molecule has 12 aromatic rings. The van der Waals surface area contributed by atoms with E-state index in [1.54, 1.807) is 0 Å². The van der Waals surface area contributed by atoms with Crippen molar-refractivity contribution in [3.8, 4) is 11.4 Å². The molecule has 0 saturated carbocycles. The van der Waals surface area contributed by atoms with Crippen LogP contribution in [0.1, 0.15) is 35.8 Å². The van der Waals surface area contributed by atoms with Gasteiger partial charge in [0.05, 0.1) is 38.8 Å². The Balaban J connectivity index is 1.11. The summed E-state index contributed by atoms with van der Waals surface area (Å²) in [6.07, 6.45) is 6.32. The Morgan fingerprint density at radius 3 is 1.91 bits per heavy atom. The first kappa shape index (κ1) is 37.1. The minimum Gasteiger partial charge on any atom is -0.460 e. The van der Waals surface area contributed by atoms with Crippen LogP contribution in [0.3, 0.4) is 0 Å². The molecular weight excluding hydrogens is 795 g/mol. The van der Waals surface area contributed by atoms with Crippen molar-refractivity contribution in [2.24, 2.45) is 9.98 Å². The van der Waals surface area contributed by atoms with Crippen LogP contribution in [0, 0.1) is 0 Å².